The van der Waals surface area contributed by atoms with Crippen molar-refractivity contribution in [3.05, 3.63) is 0 Å². The van der Waals surface area contributed by atoms with Gasteiger partial charge in [-0.25, -0.2) is 0 Å². The standard InChI is InChI=1S/C42H67NO12S/c1-37(2,3)55-36(50)42(8,26-56)24-40(6,34(48)53-18-17-52-16-15-51-9)23-41(7,22-39(5,33(46)47)21-38(4,25-43)14-13-32(44)45)35(49)54-31-20-27-19-30(31)29-12-10-11-28(27)29/h27-31,56H,10-24,26H2,1-9H3,(H,44,45)(H,46,47). The molecule has 0 saturated heterocycles. The Hall–Kier alpha value is -2.89. The zero-order valence-electron chi connectivity index (χ0n) is 35.1. The lowest BCUT2D eigenvalue weighted by Crippen LogP contribution is -2.49. The second kappa shape index (κ2) is 18.8. The van der Waals surface area contributed by atoms with Crippen molar-refractivity contribution in [2.75, 3.05) is 39.3 Å². The molecule has 0 amide bonds. The van der Waals surface area contributed by atoms with Crippen molar-refractivity contribution in [3.63, 3.8) is 0 Å². The molecule has 318 valence electrons. The second-order valence-electron chi connectivity index (χ2n) is 19.3. The first-order valence-corrected chi connectivity index (χ1v) is 20.7. The number of hydrogen-bond acceptors (Lipinski definition) is 12. The second-order valence-corrected chi connectivity index (χ2v) is 19.6. The predicted octanol–water partition coefficient (Wildman–Crippen LogP) is 6.90. The predicted molar refractivity (Wildman–Crippen MR) is 209 cm³/mol. The quantitative estimate of drug-likeness (QED) is 0.0418. The van der Waals surface area contributed by atoms with E-state index in [1.54, 1.807) is 41.5 Å². The molecule has 13 nitrogen and oxygen atoms in total. The van der Waals surface area contributed by atoms with Crippen LogP contribution in [0.1, 0.15) is 126 Å². The number of nitriles is 1. The smallest absolute Gasteiger partial charge is 0.313 e. The van der Waals surface area contributed by atoms with E-state index in [0.29, 0.717) is 24.4 Å². The molecule has 3 fully saturated rings. The monoisotopic (exact) mass is 809 g/mol. The molecule has 56 heavy (non-hydrogen) atoms. The van der Waals surface area contributed by atoms with Crippen molar-refractivity contribution in [2.45, 2.75) is 138 Å². The van der Waals surface area contributed by atoms with Gasteiger partial charge in [0, 0.05) is 19.3 Å². The first-order valence-electron chi connectivity index (χ1n) is 20.0. The largest absolute Gasteiger partial charge is 0.481 e. The van der Waals surface area contributed by atoms with Crippen LogP contribution >= 0.6 is 12.6 Å². The molecule has 2 N–H and O–H groups in total. The third-order valence-electron chi connectivity index (χ3n) is 12.5. The highest BCUT2D eigenvalue weighted by Gasteiger charge is 2.59. The number of ether oxygens (including phenoxy) is 5. The van der Waals surface area contributed by atoms with E-state index in [1.165, 1.54) is 27.4 Å². The van der Waals surface area contributed by atoms with Crippen LogP contribution in [0.3, 0.4) is 0 Å². The fourth-order valence-electron chi connectivity index (χ4n) is 10.3. The SMILES string of the molecule is COCCOCCOC(=O)C(C)(CC(C)(CC(C)(CC(C)(C#N)CCC(=O)O)C(=O)O)C(=O)OC1CC2CC1C1CCCC21)CC(C)(CS)C(=O)OC(C)(C)C. The van der Waals surface area contributed by atoms with Gasteiger partial charge in [-0.1, -0.05) is 6.42 Å². The van der Waals surface area contributed by atoms with Crippen LogP contribution in [0.5, 0.6) is 0 Å². The molecule has 0 heterocycles. The van der Waals surface area contributed by atoms with Gasteiger partial charge in [0.25, 0.3) is 0 Å². The van der Waals surface area contributed by atoms with E-state index < -0.39 is 62.5 Å². The number of aliphatic carboxylic acids is 2. The van der Waals surface area contributed by atoms with Gasteiger partial charge in [-0.15, -0.1) is 0 Å². The summed E-state index contributed by atoms with van der Waals surface area (Å²) in [6, 6.07) is 2.14. The lowest BCUT2D eigenvalue weighted by atomic mass is 9.59. The molecular formula is C42H67NO12S. The number of hydrogen-bond donors (Lipinski definition) is 3. The third kappa shape index (κ3) is 11.8. The molecular weight excluding hydrogens is 743 g/mol. The van der Waals surface area contributed by atoms with Gasteiger partial charge in [-0.05, 0) is 137 Å². The van der Waals surface area contributed by atoms with Gasteiger partial charge in [0.15, 0.2) is 0 Å². The topological polar surface area (TPSA) is 196 Å². The molecule has 2 bridgehead atoms. The number of methoxy groups -OCH3 is 1. The number of carboxylic acids is 2. The zero-order chi connectivity index (χ0) is 42.3. The number of nitrogens with zero attached hydrogens (tertiary/aromatic N) is 1. The van der Waals surface area contributed by atoms with Crippen LogP contribution in [0.4, 0.5) is 0 Å². The summed E-state index contributed by atoms with van der Waals surface area (Å²) in [6.07, 6.45) is 3.25. The number of carboxylic acid groups (broad SMARTS) is 2. The Morgan fingerprint density at radius 3 is 1.89 bits per heavy atom. The van der Waals surface area contributed by atoms with E-state index >= 15 is 0 Å². The molecule has 3 aliphatic carbocycles. The Balaban J connectivity index is 2.10. The summed E-state index contributed by atoms with van der Waals surface area (Å²) in [7, 11) is 1.54. The van der Waals surface area contributed by atoms with Crippen molar-refractivity contribution in [3.8, 4) is 6.07 Å². The van der Waals surface area contributed by atoms with Crippen molar-refractivity contribution in [2.24, 2.45) is 50.7 Å². The van der Waals surface area contributed by atoms with E-state index in [0.717, 1.165) is 25.7 Å². The maximum Gasteiger partial charge on any atom is 0.313 e. The minimum absolute atomic E-state index is 0.0171. The normalized spacial score (nSPS) is 26.9. The Kier molecular flexibility index (Phi) is 15.9. The van der Waals surface area contributed by atoms with Crippen LogP contribution in [-0.4, -0.2) is 91.1 Å². The van der Waals surface area contributed by atoms with Crippen LogP contribution in [0, 0.1) is 62.1 Å². The van der Waals surface area contributed by atoms with Crippen LogP contribution in [0.2, 0.25) is 0 Å². The molecule has 3 rings (SSSR count). The Morgan fingerprint density at radius 2 is 1.32 bits per heavy atom. The zero-order valence-corrected chi connectivity index (χ0v) is 36.0. The van der Waals surface area contributed by atoms with E-state index in [4.69, 9.17) is 23.7 Å². The molecule has 3 aliphatic rings. The van der Waals surface area contributed by atoms with Crippen molar-refractivity contribution in [1.82, 2.24) is 0 Å². The van der Waals surface area contributed by atoms with Crippen LogP contribution in [0.25, 0.3) is 0 Å². The highest BCUT2D eigenvalue weighted by Crippen LogP contribution is 2.60. The van der Waals surface area contributed by atoms with Crippen molar-refractivity contribution >= 4 is 42.5 Å². The number of esters is 3. The Bertz CT molecular complexity index is 1480. The summed E-state index contributed by atoms with van der Waals surface area (Å²) in [5.74, 6) is -2.63. The summed E-state index contributed by atoms with van der Waals surface area (Å²) in [5.41, 5.74) is -8.59. The fraction of sp³-hybridized carbons (Fsp3) is 0.857. The van der Waals surface area contributed by atoms with E-state index in [-0.39, 0.29) is 76.1 Å². The molecule has 0 aromatic heterocycles. The Labute approximate surface area is 338 Å². The first-order chi connectivity index (χ1) is 25.9. The lowest BCUT2D eigenvalue weighted by Gasteiger charge is -2.45. The number of fused-ring (bicyclic) bond motifs is 5. The van der Waals surface area contributed by atoms with Crippen molar-refractivity contribution in [1.29, 1.82) is 5.26 Å². The van der Waals surface area contributed by atoms with Crippen LogP contribution in [-0.2, 0) is 47.7 Å². The maximum absolute atomic E-state index is 14.9. The van der Waals surface area contributed by atoms with Crippen LogP contribution in [0.15, 0.2) is 0 Å². The third-order valence-corrected chi connectivity index (χ3v) is 13.2. The molecule has 10 unspecified atom stereocenters. The van der Waals surface area contributed by atoms with Crippen molar-refractivity contribution < 1.29 is 57.9 Å². The molecule has 0 aromatic carbocycles. The minimum atomic E-state index is -1.75. The summed E-state index contributed by atoms with van der Waals surface area (Å²) < 4.78 is 28.5. The summed E-state index contributed by atoms with van der Waals surface area (Å²) >= 11 is 4.53. The number of carbonyl (C=O) groups excluding carboxylic acids is 3. The molecule has 3 saturated carbocycles. The minimum Gasteiger partial charge on any atom is -0.481 e. The van der Waals surface area contributed by atoms with Gasteiger partial charge in [0.2, 0.25) is 0 Å². The van der Waals surface area contributed by atoms with Gasteiger partial charge in [0.1, 0.15) is 18.3 Å². The molecule has 0 aromatic rings. The molecule has 14 heteroatoms. The lowest BCUT2D eigenvalue weighted by molar-refractivity contribution is -0.178. The van der Waals surface area contributed by atoms with Gasteiger partial charge in [-0.3, -0.25) is 24.0 Å². The summed E-state index contributed by atoms with van der Waals surface area (Å²) in [5, 5.41) is 30.5. The highest BCUT2D eigenvalue weighted by molar-refractivity contribution is 7.80. The van der Waals surface area contributed by atoms with E-state index in [9.17, 15) is 39.4 Å². The summed E-state index contributed by atoms with van der Waals surface area (Å²) in [4.78, 5) is 67.9. The number of carbonyl (C=O) groups is 5. The van der Waals surface area contributed by atoms with Gasteiger partial charge < -0.3 is 33.9 Å². The van der Waals surface area contributed by atoms with Gasteiger partial charge in [0.05, 0.1) is 53.0 Å². The summed E-state index contributed by atoms with van der Waals surface area (Å²) in [6.45, 7) is 13.5. The maximum atomic E-state index is 14.9. The first kappa shape index (κ1) is 47.5. The molecule has 0 aliphatic heterocycles. The Morgan fingerprint density at radius 1 is 0.732 bits per heavy atom. The van der Waals surface area contributed by atoms with Gasteiger partial charge >= 0.3 is 29.8 Å². The molecule has 10 atom stereocenters. The molecule has 0 radical (unpaired) electrons. The average molecular weight is 810 g/mol. The number of thiol groups is 1. The van der Waals surface area contributed by atoms with E-state index in [1.807, 2.05) is 0 Å². The average Bonchev–Trinajstić information content (AvgIpc) is 3.83. The number of rotatable bonds is 23. The highest BCUT2D eigenvalue weighted by atomic mass is 32.1. The van der Waals surface area contributed by atoms with Crippen LogP contribution < -0.4 is 0 Å². The van der Waals surface area contributed by atoms with Gasteiger partial charge in [-0.2, -0.15) is 17.9 Å². The van der Waals surface area contributed by atoms with E-state index in [2.05, 4.69) is 18.7 Å². The fourth-order valence-corrected chi connectivity index (χ4v) is 10.5. The molecule has 0 spiro atoms.